The maximum absolute atomic E-state index is 13.8. The Labute approximate surface area is 146 Å². The van der Waals surface area contributed by atoms with Gasteiger partial charge in [0.25, 0.3) is 5.91 Å². The molecule has 0 spiro atoms. The molecule has 1 N–H and O–H groups in total. The van der Waals surface area contributed by atoms with Crippen molar-refractivity contribution in [3.05, 3.63) is 62.8 Å². The highest BCUT2D eigenvalue weighted by Gasteiger charge is 2.20. The lowest BCUT2D eigenvalue weighted by atomic mass is 10.1. The van der Waals surface area contributed by atoms with E-state index in [1.807, 2.05) is 16.8 Å². The quantitative estimate of drug-likeness (QED) is 0.712. The molecule has 0 saturated carbocycles. The molecular weight excluding hydrogens is 350 g/mol. The molecule has 7 heteroatoms. The van der Waals surface area contributed by atoms with Crippen LogP contribution in [0.5, 0.6) is 0 Å². The molecule has 124 valence electrons. The highest BCUT2D eigenvalue weighted by atomic mass is 32.1. The minimum atomic E-state index is -0.678. The number of aromatic nitrogens is 1. The second-order valence-corrected chi connectivity index (χ2v) is 7.09. The first-order chi connectivity index (χ1) is 11.5. The third-order valence-corrected chi connectivity index (χ3v) is 5.44. The van der Waals surface area contributed by atoms with Crippen LogP contribution >= 0.6 is 22.7 Å². The number of thiophene rings is 1. The van der Waals surface area contributed by atoms with E-state index < -0.39 is 17.7 Å². The minimum Gasteiger partial charge on any atom is -0.345 e. The second-order valence-electron chi connectivity index (χ2n) is 5.31. The molecule has 3 nitrogen and oxygen atoms in total. The first-order valence-corrected chi connectivity index (χ1v) is 8.97. The van der Waals surface area contributed by atoms with Gasteiger partial charge in [-0.3, -0.25) is 4.79 Å². The summed E-state index contributed by atoms with van der Waals surface area (Å²) in [6.45, 7) is 3.43. The van der Waals surface area contributed by atoms with Gasteiger partial charge in [0.2, 0.25) is 0 Å². The Morgan fingerprint density at radius 3 is 2.75 bits per heavy atom. The van der Waals surface area contributed by atoms with Crippen LogP contribution in [-0.4, -0.2) is 10.9 Å². The molecule has 0 saturated heterocycles. The third-order valence-electron chi connectivity index (χ3n) is 3.55. The predicted molar refractivity (Wildman–Crippen MR) is 92.4 cm³/mol. The van der Waals surface area contributed by atoms with E-state index in [4.69, 9.17) is 0 Å². The van der Waals surface area contributed by atoms with E-state index in [0.717, 1.165) is 16.6 Å². The molecule has 0 aliphatic carbocycles. The Morgan fingerprint density at radius 1 is 1.29 bits per heavy atom. The van der Waals surface area contributed by atoms with Gasteiger partial charge in [-0.25, -0.2) is 13.8 Å². The Morgan fingerprint density at radius 2 is 2.08 bits per heavy atom. The van der Waals surface area contributed by atoms with Gasteiger partial charge in [0, 0.05) is 22.6 Å². The smallest absolute Gasteiger partial charge is 0.263 e. The summed E-state index contributed by atoms with van der Waals surface area (Å²) in [7, 11) is 0. The summed E-state index contributed by atoms with van der Waals surface area (Å²) in [4.78, 5) is 17.4. The summed E-state index contributed by atoms with van der Waals surface area (Å²) in [6.07, 6.45) is 0. The van der Waals surface area contributed by atoms with Crippen molar-refractivity contribution in [2.75, 3.05) is 0 Å². The molecule has 0 radical (unpaired) electrons. The van der Waals surface area contributed by atoms with E-state index in [1.165, 1.54) is 23.5 Å². The monoisotopic (exact) mass is 364 g/mol. The molecule has 24 heavy (non-hydrogen) atoms. The van der Waals surface area contributed by atoms with E-state index in [0.29, 0.717) is 10.6 Å². The number of halogens is 2. The average Bonchev–Trinajstić information content (AvgIpc) is 3.15. The number of hydrogen-bond acceptors (Lipinski definition) is 4. The molecule has 0 aliphatic heterocycles. The predicted octanol–water partition coefficient (Wildman–Crippen LogP) is 4.95. The van der Waals surface area contributed by atoms with E-state index in [9.17, 15) is 13.6 Å². The van der Waals surface area contributed by atoms with Crippen molar-refractivity contribution in [3.63, 3.8) is 0 Å². The van der Waals surface area contributed by atoms with Crippen molar-refractivity contribution in [3.8, 4) is 10.6 Å². The number of amides is 1. The number of aryl methyl sites for hydroxylation is 1. The molecular formula is C17H14F2N2OS2. The summed E-state index contributed by atoms with van der Waals surface area (Å²) in [5, 5.41) is 7.44. The lowest BCUT2D eigenvalue weighted by molar-refractivity contribution is 0.0942. The average molecular weight is 364 g/mol. The summed E-state index contributed by atoms with van der Waals surface area (Å²) in [6, 6.07) is 4.69. The molecule has 3 rings (SSSR count). The number of rotatable bonds is 4. The van der Waals surface area contributed by atoms with Crippen LogP contribution in [-0.2, 0) is 0 Å². The molecule has 1 atom stereocenters. The minimum absolute atomic E-state index is 0.241. The molecule has 0 aliphatic rings. The molecule has 2 aromatic heterocycles. The van der Waals surface area contributed by atoms with Crippen LogP contribution in [0.2, 0.25) is 0 Å². The van der Waals surface area contributed by atoms with Crippen LogP contribution in [0.1, 0.15) is 33.9 Å². The van der Waals surface area contributed by atoms with Gasteiger partial charge >= 0.3 is 0 Å². The highest BCUT2D eigenvalue weighted by Crippen LogP contribution is 2.30. The second kappa shape index (κ2) is 6.78. The molecule has 3 aromatic rings. The largest absolute Gasteiger partial charge is 0.345 e. The lowest BCUT2D eigenvalue weighted by Crippen LogP contribution is -2.27. The van der Waals surface area contributed by atoms with Gasteiger partial charge in [-0.2, -0.15) is 11.3 Å². The van der Waals surface area contributed by atoms with Gasteiger partial charge in [-0.05, 0) is 31.4 Å². The van der Waals surface area contributed by atoms with E-state index >= 15 is 0 Å². The van der Waals surface area contributed by atoms with E-state index in [2.05, 4.69) is 10.3 Å². The lowest BCUT2D eigenvalue weighted by Gasteiger charge is -2.14. The van der Waals surface area contributed by atoms with Gasteiger partial charge in [0.1, 0.15) is 21.5 Å². The molecule has 1 aromatic carbocycles. The molecule has 2 heterocycles. The summed E-state index contributed by atoms with van der Waals surface area (Å²) >= 11 is 2.86. The molecule has 0 fully saturated rings. The van der Waals surface area contributed by atoms with Crippen LogP contribution in [0.4, 0.5) is 8.78 Å². The SMILES string of the molecule is Cc1nc(-c2ccsc2)sc1C(=O)N[C@H](C)c1ccc(F)cc1F. The van der Waals surface area contributed by atoms with E-state index in [1.54, 1.807) is 25.2 Å². The van der Waals surface area contributed by atoms with Gasteiger partial charge < -0.3 is 5.32 Å². The molecule has 1 amide bonds. The molecule has 0 bridgehead atoms. The van der Waals surface area contributed by atoms with Crippen molar-refractivity contribution in [1.82, 2.24) is 10.3 Å². The number of nitrogens with zero attached hydrogens (tertiary/aromatic N) is 1. The fourth-order valence-electron chi connectivity index (χ4n) is 2.31. The number of nitrogens with one attached hydrogen (secondary N) is 1. The summed E-state index contributed by atoms with van der Waals surface area (Å²) in [5.74, 6) is -1.64. The fourth-order valence-corrected chi connectivity index (χ4v) is 3.99. The number of benzene rings is 1. The number of hydrogen-bond donors (Lipinski definition) is 1. The number of carbonyl (C=O) groups excluding carboxylic acids is 1. The van der Waals surface area contributed by atoms with Gasteiger partial charge in [0.05, 0.1) is 11.7 Å². The van der Waals surface area contributed by atoms with Crippen molar-refractivity contribution in [2.24, 2.45) is 0 Å². The zero-order valence-electron chi connectivity index (χ0n) is 13.0. The van der Waals surface area contributed by atoms with E-state index in [-0.39, 0.29) is 11.5 Å². The summed E-state index contributed by atoms with van der Waals surface area (Å²) < 4.78 is 26.8. The Bertz CT molecular complexity index is 875. The van der Waals surface area contributed by atoms with Crippen molar-refractivity contribution in [2.45, 2.75) is 19.9 Å². The van der Waals surface area contributed by atoms with Gasteiger partial charge in [-0.1, -0.05) is 6.07 Å². The molecule has 0 unspecified atom stereocenters. The topological polar surface area (TPSA) is 42.0 Å². The number of thiazole rings is 1. The first-order valence-electron chi connectivity index (χ1n) is 7.21. The number of carbonyl (C=O) groups is 1. The highest BCUT2D eigenvalue weighted by molar-refractivity contribution is 7.17. The van der Waals surface area contributed by atoms with Gasteiger partial charge in [0.15, 0.2) is 0 Å². The third kappa shape index (κ3) is 3.37. The van der Waals surface area contributed by atoms with Crippen molar-refractivity contribution < 1.29 is 13.6 Å². The summed E-state index contributed by atoms with van der Waals surface area (Å²) in [5.41, 5.74) is 1.85. The van der Waals surface area contributed by atoms with Crippen LogP contribution in [0, 0.1) is 18.6 Å². The standard InChI is InChI=1S/C17H14F2N2OS2/c1-9(13-4-3-12(18)7-14(13)19)20-16(22)15-10(2)21-17(24-15)11-5-6-23-8-11/h3-9H,1-2H3,(H,20,22)/t9-/m1/s1. The van der Waals surface area contributed by atoms with Crippen LogP contribution < -0.4 is 5.32 Å². The fraction of sp³-hybridized carbons (Fsp3) is 0.176. The Hall–Kier alpha value is -2.12. The first kappa shape index (κ1) is 16.7. The Kier molecular flexibility index (Phi) is 4.73. The zero-order valence-corrected chi connectivity index (χ0v) is 14.6. The maximum atomic E-state index is 13.8. The van der Waals surface area contributed by atoms with Crippen LogP contribution in [0.15, 0.2) is 35.0 Å². The van der Waals surface area contributed by atoms with Crippen LogP contribution in [0.3, 0.4) is 0 Å². The zero-order chi connectivity index (χ0) is 17.3. The maximum Gasteiger partial charge on any atom is 0.263 e. The van der Waals surface area contributed by atoms with Crippen LogP contribution in [0.25, 0.3) is 10.6 Å². The van der Waals surface area contributed by atoms with Crippen molar-refractivity contribution >= 4 is 28.6 Å². The van der Waals surface area contributed by atoms with Crippen molar-refractivity contribution in [1.29, 1.82) is 0 Å². The van der Waals surface area contributed by atoms with Gasteiger partial charge in [-0.15, -0.1) is 11.3 Å². The normalized spacial score (nSPS) is 12.2. The Balaban J connectivity index is 1.80.